The monoisotopic (exact) mass is 627 g/mol. The average Bonchev–Trinajstić information content (AvgIpc) is 2.93. The average molecular weight is 629 g/mol. The number of halogens is 2. The molecule has 0 saturated heterocycles. The summed E-state index contributed by atoms with van der Waals surface area (Å²) >= 11 is 12.1. The largest absolute Gasteiger partial charge is 0.489 e. The molecule has 0 bridgehead atoms. The van der Waals surface area contributed by atoms with E-state index in [2.05, 4.69) is 16.0 Å². The Bertz CT molecular complexity index is 1380. The molecule has 43 heavy (non-hydrogen) atoms. The lowest BCUT2D eigenvalue weighted by atomic mass is 10.0. The van der Waals surface area contributed by atoms with Gasteiger partial charge >= 0.3 is 12.0 Å². The maximum atomic E-state index is 13.5. The van der Waals surface area contributed by atoms with Crippen molar-refractivity contribution in [2.24, 2.45) is 5.92 Å². The molecule has 8 nitrogen and oxygen atoms in total. The van der Waals surface area contributed by atoms with Gasteiger partial charge in [0.15, 0.2) is 0 Å². The van der Waals surface area contributed by atoms with Gasteiger partial charge in [-0.25, -0.2) is 9.59 Å². The van der Waals surface area contributed by atoms with Gasteiger partial charge in [0, 0.05) is 11.4 Å². The summed E-state index contributed by atoms with van der Waals surface area (Å²) in [6.07, 6.45) is 0.517. The van der Waals surface area contributed by atoms with E-state index >= 15 is 0 Å². The first-order valence-electron chi connectivity index (χ1n) is 14.1. The van der Waals surface area contributed by atoms with Gasteiger partial charge in [0.2, 0.25) is 5.91 Å². The molecular formula is C33H39Cl2N3O5. The summed E-state index contributed by atoms with van der Waals surface area (Å²) in [6.45, 7) is 9.58. The predicted octanol–water partition coefficient (Wildman–Crippen LogP) is 7.18. The number of carbonyl (C=O) groups excluding carboxylic acids is 3. The maximum absolute atomic E-state index is 13.5. The molecule has 3 amide bonds. The molecule has 3 N–H and O–H groups in total. The number of rotatable bonds is 12. The number of hydrogen-bond acceptors (Lipinski definition) is 5. The number of benzene rings is 3. The predicted molar refractivity (Wildman–Crippen MR) is 171 cm³/mol. The highest BCUT2D eigenvalue weighted by Crippen LogP contribution is 2.25. The second-order valence-corrected chi connectivity index (χ2v) is 12.5. The number of anilines is 1. The van der Waals surface area contributed by atoms with E-state index < -0.39 is 35.6 Å². The smallest absolute Gasteiger partial charge is 0.329 e. The molecule has 3 rings (SSSR count). The summed E-state index contributed by atoms with van der Waals surface area (Å²) in [4.78, 5) is 39.5. The lowest BCUT2D eigenvalue weighted by molar-refractivity contribution is -0.158. The van der Waals surface area contributed by atoms with Gasteiger partial charge in [0.1, 0.15) is 30.0 Å². The van der Waals surface area contributed by atoms with Crippen LogP contribution in [-0.4, -0.2) is 35.6 Å². The Balaban J connectivity index is 1.71. The standard InChI is InChI=1S/C33H39Cl2N3O5/c1-21(2)17-28(38-32(41)37-27-16-13-24(34)19-26(27)35)30(39)36-29(31(40)43-33(3,4)5)18-22-11-14-25(15-12-22)42-20-23-9-7-6-8-10-23/h6-16,19,21,28-29H,17-18,20H2,1-5H3,(H,36,39)(H2,37,38,41)/t28-,29-/m0/s1. The minimum Gasteiger partial charge on any atom is -0.489 e. The van der Waals surface area contributed by atoms with Gasteiger partial charge in [-0.05, 0) is 74.6 Å². The molecule has 0 unspecified atom stereocenters. The Hall–Kier alpha value is -3.75. The minimum atomic E-state index is -0.993. The van der Waals surface area contributed by atoms with E-state index in [1.165, 1.54) is 6.07 Å². The van der Waals surface area contributed by atoms with E-state index in [1.807, 2.05) is 68.4 Å². The lowest BCUT2D eigenvalue weighted by Crippen LogP contribution is -2.54. The van der Waals surface area contributed by atoms with Crippen molar-refractivity contribution in [2.75, 3.05) is 5.32 Å². The van der Waals surface area contributed by atoms with Crippen LogP contribution in [0.1, 0.15) is 52.2 Å². The van der Waals surface area contributed by atoms with Crippen molar-refractivity contribution >= 4 is 46.8 Å². The second-order valence-electron chi connectivity index (χ2n) is 11.6. The third-order valence-corrected chi connectivity index (χ3v) is 6.68. The van der Waals surface area contributed by atoms with Gasteiger partial charge in [0.25, 0.3) is 0 Å². The molecule has 0 aromatic heterocycles. The Labute approximate surface area is 263 Å². The number of nitrogens with one attached hydrogen (secondary N) is 3. The normalized spacial score (nSPS) is 12.7. The number of esters is 1. The minimum absolute atomic E-state index is 0.0681. The van der Waals surface area contributed by atoms with Gasteiger partial charge in [-0.15, -0.1) is 0 Å². The van der Waals surface area contributed by atoms with Gasteiger partial charge in [-0.2, -0.15) is 0 Å². The van der Waals surface area contributed by atoms with Crippen LogP contribution >= 0.6 is 23.2 Å². The van der Waals surface area contributed by atoms with E-state index in [0.717, 1.165) is 11.1 Å². The van der Waals surface area contributed by atoms with Crippen LogP contribution in [0.5, 0.6) is 5.75 Å². The zero-order valence-corrected chi connectivity index (χ0v) is 26.6. The molecule has 0 aliphatic heterocycles. The zero-order valence-electron chi connectivity index (χ0n) is 25.1. The third kappa shape index (κ3) is 11.8. The van der Waals surface area contributed by atoms with E-state index in [4.69, 9.17) is 32.7 Å². The van der Waals surface area contributed by atoms with E-state index in [0.29, 0.717) is 29.5 Å². The third-order valence-electron chi connectivity index (χ3n) is 6.13. The Morgan fingerprint density at radius 1 is 0.837 bits per heavy atom. The molecule has 0 radical (unpaired) electrons. The topological polar surface area (TPSA) is 106 Å². The molecule has 0 spiro atoms. The van der Waals surface area contributed by atoms with Crippen LogP contribution in [0.25, 0.3) is 0 Å². The highest BCUT2D eigenvalue weighted by molar-refractivity contribution is 6.36. The van der Waals surface area contributed by atoms with Crippen molar-refractivity contribution < 1.29 is 23.9 Å². The molecule has 3 aromatic carbocycles. The van der Waals surface area contributed by atoms with Gasteiger partial charge in [-0.3, -0.25) is 4.79 Å². The number of urea groups is 1. The molecule has 0 saturated carbocycles. The summed E-state index contributed by atoms with van der Waals surface area (Å²) in [7, 11) is 0. The summed E-state index contributed by atoms with van der Waals surface area (Å²) in [5.74, 6) is -0.340. The lowest BCUT2D eigenvalue weighted by Gasteiger charge is -2.27. The molecule has 0 fully saturated rings. The van der Waals surface area contributed by atoms with Crippen molar-refractivity contribution in [3.63, 3.8) is 0 Å². The molecule has 0 aliphatic carbocycles. The van der Waals surface area contributed by atoms with E-state index in [9.17, 15) is 14.4 Å². The van der Waals surface area contributed by atoms with Crippen molar-refractivity contribution in [2.45, 2.75) is 71.8 Å². The Morgan fingerprint density at radius 3 is 2.12 bits per heavy atom. The molecule has 10 heteroatoms. The van der Waals surface area contributed by atoms with Crippen molar-refractivity contribution in [1.29, 1.82) is 0 Å². The molecule has 0 aliphatic rings. The Morgan fingerprint density at radius 2 is 1.51 bits per heavy atom. The summed E-state index contributed by atoms with van der Waals surface area (Å²) < 4.78 is 11.5. The quantitative estimate of drug-likeness (QED) is 0.184. The molecule has 2 atom stereocenters. The zero-order chi connectivity index (χ0) is 31.6. The number of hydrogen-bond donors (Lipinski definition) is 3. The van der Waals surface area contributed by atoms with Gasteiger partial charge in [0.05, 0.1) is 10.7 Å². The van der Waals surface area contributed by atoms with Crippen LogP contribution in [0.4, 0.5) is 10.5 Å². The Kier molecular flexibility index (Phi) is 12.3. The summed E-state index contributed by atoms with van der Waals surface area (Å²) in [5, 5.41) is 8.85. The van der Waals surface area contributed by atoms with Crippen LogP contribution in [-0.2, 0) is 27.4 Å². The van der Waals surface area contributed by atoms with Crippen LogP contribution < -0.4 is 20.7 Å². The fourth-order valence-electron chi connectivity index (χ4n) is 4.15. The molecule has 230 valence electrons. The van der Waals surface area contributed by atoms with Crippen LogP contribution in [0, 0.1) is 5.92 Å². The van der Waals surface area contributed by atoms with Crippen molar-refractivity contribution in [3.8, 4) is 5.75 Å². The van der Waals surface area contributed by atoms with Crippen molar-refractivity contribution in [1.82, 2.24) is 10.6 Å². The first-order chi connectivity index (χ1) is 20.3. The van der Waals surface area contributed by atoms with Crippen LogP contribution in [0.15, 0.2) is 72.8 Å². The fourth-order valence-corrected chi connectivity index (χ4v) is 4.60. The van der Waals surface area contributed by atoms with Crippen molar-refractivity contribution in [3.05, 3.63) is 94.0 Å². The van der Waals surface area contributed by atoms with Crippen LogP contribution in [0.2, 0.25) is 10.0 Å². The number of carbonyl (C=O) groups is 3. The first-order valence-corrected chi connectivity index (χ1v) is 14.9. The van der Waals surface area contributed by atoms with E-state index in [-0.39, 0.29) is 17.4 Å². The first kappa shape index (κ1) is 33.7. The van der Waals surface area contributed by atoms with Gasteiger partial charge < -0.3 is 25.4 Å². The number of amides is 3. The summed E-state index contributed by atoms with van der Waals surface area (Å²) in [5.41, 5.74) is 1.43. The molecule has 0 heterocycles. The van der Waals surface area contributed by atoms with Crippen LogP contribution in [0.3, 0.4) is 0 Å². The molecule has 3 aromatic rings. The maximum Gasteiger partial charge on any atom is 0.329 e. The number of ether oxygens (including phenoxy) is 2. The highest BCUT2D eigenvalue weighted by atomic mass is 35.5. The van der Waals surface area contributed by atoms with Gasteiger partial charge in [-0.1, -0.05) is 79.5 Å². The fraction of sp³-hybridized carbons (Fsp3) is 0.364. The summed E-state index contributed by atoms with van der Waals surface area (Å²) in [6, 6.07) is 19.3. The highest BCUT2D eigenvalue weighted by Gasteiger charge is 2.30. The second kappa shape index (κ2) is 15.6. The SMILES string of the molecule is CC(C)C[C@H](NC(=O)Nc1ccc(Cl)cc1Cl)C(=O)N[C@@H](Cc1ccc(OCc2ccccc2)cc1)C(=O)OC(C)(C)C. The van der Waals surface area contributed by atoms with E-state index in [1.54, 1.807) is 32.9 Å². The molecular weight excluding hydrogens is 589 g/mol.